The van der Waals surface area contributed by atoms with Crippen LogP contribution in [0.1, 0.15) is 56.1 Å². The van der Waals surface area contributed by atoms with Gasteiger partial charge in [-0.1, -0.05) is 79.9 Å². The second-order valence-electron chi connectivity index (χ2n) is 11.0. The largest absolute Gasteiger partial charge is 0.352 e. The predicted octanol–water partition coefficient (Wildman–Crippen LogP) is 4.60. The fourth-order valence-corrected chi connectivity index (χ4v) is 6.39. The Labute approximate surface area is 224 Å². The fourth-order valence-electron chi connectivity index (χ4n) is 6.19. The van der Waals surface area contributed by atoms with Gasteiger partial charge in [-0.3, -0.25) is 9.59 Å². The van der Waals surface area contributed by atoms with Crippen LogP contribution in [0.2, 0.25) is 0 Å². The number of fused-ring (bicyclic) bond motifs is 3. The molecule has 3 atom stereocenters. The molecule has 5 rings (SSSR count). The average molecular weight is 542 g/mol. The first-order valence-corrected chi connectivity index (χ1v) is 14.7. The van der Waals surface area contributed by atoms with E-state index in [9.17, 15) is 14.0 Å². The second kappa shape index (κ2) is 11.1. The second-order valence-corrected chi connectivity index (χ2v) is 13.6. The minimum Gasteiger partial charge on any atom is -0.352 e. The van der Waals surface area contributed by atoms with E-state index in [0.29, 0.717) is 6.42 Å². The smallest absolute Gasteiger partial charge is 0.235 e. The van der Waals surface area contributed by atoms with E-state index in [4.69, 9.17) is 0 Å². The molecule has 1 saturated heterocycles. The zero-order valence-electron chi connectivity index (χ0n) is 21.3. The molecule has 1 aliphatic heterocycles. The number of benzene rings is 2. The van der Waals surface area contributed by atoms with Gasteiger partial charge in [-0.25, -0.2) is 4.39 Å². The number of halogens is 1. The zero-order chi connectivity index (χ0) is 26.0. The molecule has 0 spiro atoms. The maximum atomic E-state index is 14.3. The number of unbranched alkanes of at least 4 members (excludes halogenated alkanes) is 1. The Balaban J connectivity index is 1.26. The summed E-state index contributed by atoms with van der Waals surface area (Å²) in [5, 5.41) is 4.51. The Morgan fingerprint density at radius 2 is 1.65 bits per heavy atom. The molecule has 0 aromatic heterocycles. The van der Waals surface area contributed by atoms with Crippen LogP contribution in [0.4, 0.5) is 4.39 Å². The van der Waals surface area contributed by atoms with Gasteiger partial charge < -0.3 is 15.5 Å². The Hall–Kier alpha value is -1.87. The van der Waals surface area contributed by atoms with Gasteiger partial charge in [0.15, 0.2) is 5.15 Å². The highest BCUT2D eigenvalue weighted by atomic mass is 31.1. The molecule has 3 aliphatic rings. The first kappa shape index (κ1) is 26.7. The summed E-state index contributed by atoms with van der Waals surface area (Å²) < 4.78 is 14.3. The number of nitrogens with zero attached hydrogens (tertiary/aromatic N) is 1. The van der Waals surface area contributed by atoms with E-state index in [2.05, 4.69) is 58.3 Å². The molecule has 0 bridgehead atoms. The lowest BCUT2D eigenvalue weighted by molar-refractivity contribution is -0.128. The summed E-state index contributed by atoms with van der Waals surface area (Å²) >= 11 is 0. The molecule has 0 radical (unpaired) electrons. The van der Waals surface area contributed by atoms with Crippen molar-refractivity contribution < 1.29 is 14.0 Å². The third-order valence-electron chi connectivity index (χ3n) is 8.34. The maximum absolute atomic E-state index is 14.3. The summed E-state index contributed by atoms with van der Waals surface area (Å²) in [6.07, 6.45) is 6.73. The van der Waals surface area contributed by atoms with Gasteiger partial charge >= 0.3 is 0 Å². The van der Waals surface area contributed by atoms with Crippen molar-refractivity contribution in [3.05, 3.63) is 59.7 Å². The Morgan fingerprint density at radius 1 is 1.00 bits per heavy atom. The molecule has 2 fully saturated rings. The highest BCUT2D eigenvalue weighted by Gasteiger charge is 2.48. The first-order valence-electron chi connectivity index (χ1n) is 13.5. The maximum Gasteiger partial charge on any atom is 0.235 e. The third-order valence-corrected chi connectivity index (χ3v) is 8.75. The molecule has 1 heterocycles. The van der Waals surface area contributed by atoms with Crippen molar-refractivity contribution in [2.75, 3.05) is 26.2 Å². The van der Waals surface area contributed by atoms with Crippen molar-refractivity contribution in [2.45, 2.75) is 61.6 Å². The standard InChI is InChI=1S/C29H38FN3O2P2/c30-29(36,37)19-31-27(35)28(24-12-3-1-10-22(24)23-11-2-4-13-25(23)28)15-5-6-16-33-17-14-21(18-33)32-26(34)20-8-7-9-20/h1-4,10-13,20-21H,5-9,14-19,36-37H2,(H,31,35)(H,32,34). The molecule has 5 nitrogen and oxygen atoms in total. The van der Waals surface area contributed by atoms with Gasteiger partial charge in [0.05, 0.1) is 6.54 Å². The molecule has 1 saturated carbocycles. The molecule has 2 aliphatic carbocycles. The number of carbonyl (C=O) groups is 2. The van der Waals surface area contributed by atoms with E-state index in [1.165, 1.54) is 6.42 Å². The van der Waals surface area contributed by atoms with Gasteiger partial charge in [-0.05, 0) is 60.9 Å². The van der Waals surface area contributed by atoms with E-state index >= 15 is 0 Å². The minimum atomic E-state index is -1.64. The molecule has 2 amide bonds. The van der Waals surface area contributed by atoms with Crippen LogP contribution >= 0.6 is 18.5 Å². The van der Waals surface area contributed by atoms with E-state index in [-0.39, 0.29) is 30.3 Å². The number of alkyl halides is 1. The summed E-state index contributed by atoms with van der Waals surface area (Å²) in [4.78, 5) is 28.6. The molecule has 2 aromatic carbocycles. The minimum absolute atomic E-state index is 0.0883. The van der Waals surface area contributed by atoms with Crippen molar-refractivity contribution in [1.29, 1.82) is 0 Å². The van der Waals surface area contributed by atoms with Crippen LogP contribution in [0.15, 0.2) is 48.5 Å². The molecule has 8 heteroatoms. The van der Waals surface area contributed by atoms with Crippen molar-refractivity contribution in [2.24, 2.45) is 5.92 Å². The lowest BCUT2D eigenvalue weighted by Gasteiger charge is -2.32. The number of amides is 2. The van der Waals surface area contributed by atoms with E-state index in [0.717, 1.165) is 74.0 Å². The van der Waals surface area contributed by atoms with Crippen LogP contribution in [-0.2, 0) is 15.0 Å². The topological polar surface area (TPSA) is 61.4 Å². The molecular weight excluding hydrogens is 503 g/mol. The van der Waals surface area contributed by atoms with Crippen LogP contribution in [-0.4, -0.2) is 54.1 Å². The summed E-state index contributed by atoms with van der Waals surface area (Å²) in [6.45, 7) is 2.75. The highest BCUT2D eigenvalue weighted by molar-refractivity contribution is 7.39. The zero-order valence-corrected chi connectivity index (χ0v) is 23.7. The van der Waals surface area contributed by atoms with Crippen molar-refractivity contribution in [3.63, 3.8) is 0 Å². The molecule has 2 N–H and O–H groups in total. The molecule has 2 aromatic rings. The quantitative estimate of drug-likeness (QED) is 0.342. The normalized spacial score (nSPS) is 20.7. The molecule has 37 heavy (non-hydrogen) atoms. The average Bonchev–Trinajstić information content (AvgIpc) is 3.39. The number of hydrogen-bond acceptors (Lipinski definition) is 3. The summed E-state index contributed by atoms with van der Waals surface area (Å²) in [5.41, 5.74) is 3.34. The number of carbonyl (C=O) groups excluding carboxylic acids is 2. The van der Waals surface area contributed by atoms with Crippen LogP contribution in [0.25, 0.3) is 11.1 Å². The number of likely N-dealkylation sites (tertiary alicyclic amines) is 1. The number of hydrogen-bond donors (Lipinski definition) is 2. The third kappa shape index (κ3) is 5.63. The fraction of sp³-hybridized carbons (Fsp3) is 0.517. The van der Waals surface area contributed by atoms with Crippen molar-refractivity contribution in [3.8, 4) is 11.1 Å². The lowest BCUT2D eigenvalue weighted by atomic mass is 9.73. The van der Waals surface area contributed by atoms with Gasteiger partial charge in [0.1, 0.15) is 5.41 Å². The van der Waals surface area contributed by atoms with Gasteiger partial charge in [0.2, 0.25) is 11.8 Å². The molecule has 3 unspecified atom stereocenters. The Bertz CT molecular complexity index is 1100. The van der Waals surface area contributed by atoms with Crippen molar-refractivity contribution in [1.82, 2.24) is 15.5 Å². The first-order chi connectivity index (χ1) is 17.8. The monoisotopic (exact) mass is 541 g/mol. The van der Waals surface area contributed by atoms with Gasteiger partial charge in [-0.15, -0.1) is 0 Å². The molecule has 198 valence electrons. The van der Waals surface area contributed by atoms with Gasteiger partial charge in [-0.2, -0.15) is 0 Å². The summed E-state index contributed by atoms with van der Waals surface area (Å²) in [7, 11) is 4.27. The van der Waals surface area contributed by atoms with Gasteiger partial charge in [0, 0.05) is 25.0 Å². The van der Waals surface area contributed by atoms with Crippen molar-refractivity contribution >= 4 is 30.3 Å². The predicted molar refractivity (Wildman–Crippen MR) is 153 cm³/mol. The van der Waals surface area contributed by atoms with Crippen LogP contribution in [0.5, 0.6) is 0 Å². The lowest BCUT2D eigenvalue weighted by Crippen LogP contribution is -2.46. The van der Waals surface area contributed by atoms with Crippen LogP contribution < -0.4 is 10.6 Å². The number of nitrogens with one attached hydrogen (secondary N) is 2. The Morgan fingerprint density at radius 3 is 2.24 bits per heavy atom. The van der Waals surface area contributed by atoms with Crippen LogP contribution in [0.3, 0.4) is 0 Å². The Kier molecular flexibility index (Phi) is 8.01. The van der Waals surface area contributed by atoms with E-state index < -0.39 is 10.6 Å². The highest BCUT2D eigenvalue weighted by Crippen LogP contribution is 2.51. The van der Waals surface area contributed by atoms with Crippen LogP contribution in [0, 0.1) is 5.92 Å². The number of rotatable bonds is 10. The van der Waals surface area contributed by atoms with Gasteiger partial charge in [0.25, 0.3) is 0 Å². The van der Waals surface area contributed by atoms with E-state index in [1.807, 2.05) is 24.3 Å². The summed E-state index contributed by atoms with van der Waals surface area (Å²) in [5.74, 6) is 0.323. The summed E-state index contributed by atoms with van der Waals surface area (Å²) in [6, 6.07) is 16.5. The SMILES string of the molecule is O=C(NC1CCN(CCCCC2(C(=O)NCC(F)(P)P)c3ccccc3-c3ccccc32)C1)C1CCC1. The molecular formula is C29H38FN3O2P2. The van der Waals surface area contributed by atoms with E-state index in [1.54, 1.807) is 0 Å².